The van der Waals surface area contributed by atoms with Crippen LogP contribution in [0.15, 0.2) is 55.0 Å². The van der Waals surface area contributed by atoms with Crippen LogP contribution in [0.2, 0.25) is 0 Å². The molecular formula is C20H21N7O. The minimum absolute atomic E-state index is 0.0401. The number of rotatable bonds is 4. The number of carbonyl (C=O) groups excluding carboxylic acids is 1. The van der Waals surface area contributed by atoms with Gasteiger partial charge in [0.2, 0.25) is 0 Å². The van der Waals surface area contributed by atoms with Gasteiger partial charge in [0.15, 0.2) is 11.6 Å². The minimum atomic E-state index is 0.0401. The van der Waals surface area contributed by atoms with Gasteiger partial charge in [0.1, 0.15) is 5.82 Å². The Morgan fingerprint density at radius 1 is 0.929 bits per heavy atom. The summed E-state index contributed by atoms with van der Waals surface area (Å²) in [4.78, 5) is 24.7. The Kier molecular flexibility index (Phi) is 5.09. The van der Waals surface area contributed by atoms with Crippen molar-refractivity contribution in [3.8, 4) is 0 Å². The molecule has 1 N–H and O–H groups in total. The number of aromatic nitrogens is 4. The Bertz CT molecular complexity index is 938. The van der Waals surface area contributed by atoms with Gasteiger partial charge in [0.05, 0.1) is 0 Å². The van der Waals surface area contributed by atoms with Crippen molar-refractivity contribution >= 4 is 23.4 Å². The standard InChI is InChI=1S/C20H21N7O/c1-15-4-9-22-18(14-15)23-17-2-3-19(25-24-17)26-10-12-27(13-11-26)20(28)16-5-7-21-8-6-16/h2-9,14H,10-13H2,1H3,(H,22,23,24). The predicted molar refractivity (Wildman–Crippen MR) is 107 cm³/mol. The number of carbonyl (C=O) groups is 1. The van der Waals surface area contributed by atoms with Gasteiger partial charge in [-0.1, -0.05) is 0 Å². The number of hydrogen-bond acceptors (Lipinski definition) is 7. The van der Waals surface area contributed by atoms with Crippen molar-refractivity contribution in [1.82, 2.24) is 25.1 Å². The van der Waals surface area contributed by atoms with Gasteiger partial charge in [-0.3, -0.25) is 9.78 Å². The Morgan fingerprint density at radius 2 is 1.71 bits per heavy atom. The largest absolute Gasteiger partial charge is 0.352 e. The van der Waals surface area contributed by atoms with Crippen molar-refractivity contribution in [2.45, 2.75) is 6.92 Å². The fourth-order valence-electron chi connectivity index (χ4n) is 3.11. The zero-order valence-corrected chi connectivity index (χ0v) is 15.6. The molecule has 0 atom stereocenters. The summed E-state index contributed by atoms with van der Waals surface area (Å²) in [6.07, 6.45) is 5.04. The SMILES string of the molecule is Cc1ccnc(Nc2ccc(N3CCN(C(=O)c4ccncc4)CC3)nn2)c1. The lowest BCUT2D eigenvalue weighted by atomic mass is 10.2. The number of piperazine rings is 1. The van der Waals surface area contributed by atoms with E-state index in [1.807, 2.05) is 36.1 Å². The first kappa shape index (κ1) is 17.8. The molecular weight excluding hydrogens is 354 g/mol. The predicted octanol–water partition coefficient (Wildman–Crippen LogP) is 2.28. The van der Waals surface area contributed by atoms with Gasteiger partial charge in [0, 0.05) is 50.3 Å². The summed E-state index contributed by atoms with van der Waals surface area (Å²) in [5.74, 6) is 2.23. The van der Waals surface area contributed by atoms with Gasteiger partial charge in [-0.05, 0) is 48.9 Å². The summed E-state index contributed by atoms with van der Waals surface area (Å²) in [7, 11) is 0. The van der Waals surface area contributed by atoms with E-state index in [-0.39, 0.29) is 5.91 Å². The summed E-state index contributed by atoms with van der Waals surface area (Å²) >= 11 is 0. The molecule has 1 saturated heterocycles. The molecule has 0 bridgehead atoms. The summed E-state index contributed by atoms with van der Waals surface area (Å²) in [6, 6.07) is 11.2. The molecule has 8 nitrogen and oxygen atoms in total. The minimum Gasteiger partial charge on any atom is -0.352 e. The molecule has 3 aromatic heterocycles. The van der Waals surface area contributed by atoms with E-state index in [2.05, 4.69) is 30.4 Å². The monoisotopic (exact) mass is 375 g/mol. The molecule has 1 aliphatic rings. The van der Waals surface area contributed by atoms with E-state index in [0.29, 0.717) is 24.5 Å². The summed E-state index contributed by atoms with van der Waals surface area (Å²) in [5, 5.41) is 11.7. The molecule has 3 aromatic rings. The molecule has 142 valence electrons. The fraction of sp³-hybridized carbons (Fsp3) is 0.250. The highest BCUT2D eigenvalue weighted by molar-refractivity contribution is 5.94. The third kappa shape index (κ3) is 4.06. The highest BCUT2D eigenvalue weighted by Gasteiger charge is 2.23. The van der Waals surface area contributed by atoms with Gasteiger partial charge in [0.25, 0.3) is 5.91 Å². The maximum Gasteiger partial charge on any atom is 0.254 e. The van der Waals surface area contributed by atoms with Crippen LogP contribution in [0.1, 0.15) is 15.9 Å². The van der Waals surface area contributed by atoms with Crippen molar-refractivity contribution < 1.29 is 4.79 Å². The van der Waals surface area contributed by atoms with Gasteiger partial charge in [-0.2, -0.15) is 0 Å². The summed E-state index contributed by atoms with van der Waals surface area (Å²) in [5.41, 5.74) is 1.80. The van der Waals surface area contributed by atoms with E-state index in [1.165, 1.54) is 0 Å². The Hall–Kier alpha value is -3.55. The Labute approximate surface area is 163 Å². The zero-order chi connectivity index (χ0) is 19.3. The van der Waals surface area contributed by atoms with Crippen LogP contribution >= 0.6 is 0 Å². The maximum atomic E-state index is 12.5. The number of aryl methyl sites for hydroxylation is 1. The average molecular weight is 375 g/mol. The van der Waals surface area contributed by atoms with E-state index >= 15 is 0 Å². The molecule has 28 heavy (non-hydrogen) atoms. The van der Waals surface area contributed by atoms with E-state index in [9.17, 15) is 4.79 Å². The fourth-order valence-corrected chi connectivity index (χ4v) is 3.11. The lowest BCUT2D eigenvalue weighted by molar-refractivity contribution is 0.0746. The molecule has 0 unspecified atom stereocenters. The first-order valence-corrected chi connectivity index (χ1v) is 9.17. The molecule has 1 fully saturated rings. The molecule has 0 aliphatic carbocycles. The maximum absolute atomic E-state index is 12.5. The van der Waals surface area contributed by atoms with Crippen LogP contribution in [0.4, 0.5) is 17.5 Å². The molecule has 8 heteroatoms. The molecule has 1 aliphatic heterocycles. The van der Waals surface area contributed by atoms with Gasteiger partial charge in [-0.15, -0.1) is 10.2 Å². The summed E-state index contributed by atoms with van der Waals surface area (Å²) in [6.45, 7) is 4.75. The van der Waals surface area contributed by atoms with Crippen molar-refractivity contribution in [2.75, 3.05) is 36.4 Å². The van der Waals surface area contributed by atoms with E-state index in [0.717, 1.165) is 30.3 Å². The molecule has 0 aromatic carbocycles. The van der Waals surface area contributed by atoms with Crippen molar-refractivity contribution in [3.05, 3.63) is 66.1 Å². The van der Waals surface area contributed by atoms with Gasteiger partial charge < -0.3 is 15.1 Å². The molecule has 0 radical (unpaired) electrons. The van der Waals surface area contributed by atoms with Crippen LogP contribution < -0.4 is 10.2 Å². The molecule has 4 rings (SSSR count). The lowest BCUT2D eigenvalue weighted by Crippen LogP contribution is -2.49. The summed E-state index contributed by atoms with van der Waals surface area (Å²) < 4.78 is 0. The number of nitrogens with zero attached hydrogens (tertiary/aromatic N) is 6. The van der Waals surface area contributed by atoms with E-state index < -0.39 is 0 Å². The number of amides is 1. The van der Waals surface area contributed by atoms with Crippen LogP contribution in [-0.4, -0.2) is 57.2 Å². The second-order valence-corrected chi connectivity index (χ2v) is 6.64. The highest BCUT2D eigenvalue weighted by atomic mass is 16.2. The zero-order valence-electron chi connectivity index (χ0n) is 15.6. The van der Waals surface area contributed by atoms with Crippen molar-refractivity contribution in [1.29, 1.82) is 0 Å². The third-order valence-electron chi connectivity index (χ3n) is 4.64. The van der Waals surface area contributed by atoms with E-state index in [4.69, 9.17) is 0 Å². The average Bonchev–Trinajstić information content (AvgIpc) is 2.75. The topological polar surface area (TPSA) is 87.1 Å². The molecule has 0 spiro atoms. The number of hydrogen-bond donors (Lipinski definition) is 1. The number of nitrogens with one attached hydrogen (secondary N) is 1. The second kappa shape index (κ2) is 7.99. The van der Waals surface area contributed by atoms with Crippen LogP contribution in [0.5, 0.6) is 0 Å². The highest BCUT2D eigenvalue weighted by Crippen LogP contribution is 2.17. The molecule has 4 heterocycles. The van der Waals surface area contributed by atoms with Crippen molar-refractivity contribution in [3.63, 3.8) is 0 Å². The Balaban J connectivity index is 1.35. The lowest BCUT2D eigenvalue weighted by Gasteiger charge is -2.35. The van der Waals surface area contributed by atoms with Crippen LogP contribution in [0.3, 0.4) is 0 Å². The first-order chi connectivity index (χ1) is 13.7. The number of anilines is 3. The third-order valence-corrected chi connectivity index (χ3v) is 4.64. The normalized spacial score (nSPS) is 14.0. The van der Waals surface area contributed by atoms with Gasteiger partial charge in [-0.25, -0.2) is 4.98 Å². The van der Waals surface area contributed by atoms with Crippen molar-refractivity contribution in [2.24, 2.45) is 0 Å². The van der Waals surface area contributed by atoms with Gasteiger partial charge >= 0.3 is 0 Å². The smallest absolute Gasteiger partial charge is 0.254 e. The Morgan fingerprint density at radius 3 is 2.39 bits per heavy atom. The van der Waals surface area contributed by atoms with Crippen LogP contribution in [0, 0.1) is 6.92 Å². The van der Waals surface area contributed by atoms with E-state index in [1.54, 1.807) is 30.7 Å². The molecule has 0 saturated carbocycles. The quantitative estimate of drug-likeness (QED) is 0.748. The second-order valence-electron chi connectivity index (χ2n) is 6.64. The first-order valence-electron chi connectivity index (χ1n) is 9.17. The van der Waals surface area contributed by atoms with Crippen LogP contribution in [-0.2, 0) is 0 Å². The molecule has 1 amide bonds. The number of pyridine rings is 2. The van der Waals surface area contributed by atoms with Crippen LogP contribution in [0.25, 0.3) is 0 Å².